The Morgan fingerprint density at radius 3 is 2.65 bits per heavy atom. The highest BCUT2D eigenvalue weighted by molar-refractivity contribution is 5.92. The molecule has 0 unspecified atom stereocenters. The number of rotatable bonds is 7. The number of hydrogen-bond donors (Lipinski definition) is 1. The molecule has 0 bridgehead atoms. The number of amides is 1. The summed E-state index contributed by atoms with van der Waals surface area (Å²) in [5.74, 6) is 0.774. The van der Waals surface area contributed by atoms with Gasteiger partial charge >= 0.3 is 0 Å². The first-order valence-corrected chi connectivity index (χ1v) is 11.6. The van der Waals surface area contributed by atoms with E-state index in [0.29, 0.717) is 5.56 Å². The van der Waals surface area contributed by atoms with E-state index < -0.39 is 0 Å². The van der Waals surface area contributed by atoms with Crippen LogP contribution in [-0.2, 0) is 4.79 Å². The monoisotopic (exact) mass is 458 g/mol. The lowest BCUT2D eigenvalue weighted by Crippen LogP contribution is -2.40. The van der Waals surface area contributed by atoms with Crippen molar-refractivity contribution >= 4 is 23.0 Å². The molecule has 0 spiro atoms. The number of nitrogens with one attached hydrogen (secondary N) is 1. The predicted octanol–water partition coefficient (Wildman–Crippen LogP) is 4.58. The van der Waals surface area contributed by atoms with Crippen molar-refractivity contribution in [2.45, 2.75) is 39.2 Å². The molecular formula is C27H34N6O. The lowest BCUT2D eigenvalue weighted by Gasteiger charge is -2.31. The Kier molecular flexibility index (Phi) is 8.44. The summed E-state index contributed by atoms with van der Waals surface area (Å²) >= 11 is 0. The maximum atomic E-state index is 12.7. The average Bonchev–Trinajstić information content (AvgIpc) is 3.03. The molecule has 2 aromatic rings. The Morgan fingerprint density at radius 2 is 2.06 bits per heavy atom. The zero-order chi connectivity index (χ0) is 24.7. The number of aromatic nitrogens is 1. The molecule has 0 saturated carbocycles. The van der Waals surface area contributed by atoms with E-state index in [-0.39, 0.29) is 11.9 Å². The predicted molar refractivity (Wildman–Crippen MR) is 138 cm³/mol. The molecular weight excluding hydrogens is 424 g/mol. The number of carbonyl (C=O) groups excluding carboxylic acids is 1. The van der Waals surface area contributed by atoms with Crippen LogP contribution >= 0.6 is 0 Å². The van der Waals surface area contributed by atoms with Crippen LogP contribution in [0.2, 0.25) is 0 Å². The van der Waals surface area contributed by atoms with Crippen LogP contribution in [0.3, 0.4) is 0 Å². The van der Waals surface area contributed by atoms with Crippen LogP contribution in [0.15, 0.2) is 55.4 Å². The van der Waals surface area contributed by atoms with E-state index >= 15 is 0 Å². The lowest BCUT2D eigenvalue weighted by molar-refractivity contribution is -0.117. The van der Waals surface area contributed by atoms with Crippen molar-refractivity contribution in [2.75, 3.05) is 37.5 Å². The second-order valence-corrected chi connectivity index (χ2v) is 8.87. The van der Waals surface area contributed by atoms with Gasteiger partial charge in [-0.1, -0.05) is 18.7 Å². The van der Waals surface area contributed by atoms with Crippen molar-refractivity contribution < 1.29 is 4.79 Å². The number of nitrogens with zero attached hydrogens (tertiary/aromatic N) is 5. The third-order valence-corrected chi connectivity index (χ3v) is 5.98. The van der Waals surface area contributed by atoms with Gasteiger partial charge in [0.25, 0.3) is 0 Å². The summed E-state index contributed by atoms with van der Waals surface area (Å²) in [5, 5.41) is 11.1. The normalized spacial score (nSPS) is 16.8. The maximum Gasteiger partial charge on any atom is 0.224 e. The quantitative estimate of drug-likeness (QED) is 0.612. The van der Waals surface area contributed by atoms with Crippen LogP contribution < -0.4 is 10.3 Å². The van der Waals surface area contributed by atoms with E-state index in [4.69, 9.17) is 5.26 Å². The fraction of sp³-hybridized carbons (Fsp3) is 0.370. The van der Waals surface area contributed by atoms with Crippen LogP contribution in [-0.4, -0.2) is 54.0 Å². The average molecular weight is 459 g/mol. The zero-order valence-electron chi connectivity index (χ0n) is 20.6. The minimum atomic E-state index is 0.0556. The van der Waals surface area contributed by atoms with Gasteiger partial charge in [0.05, 0.1) is 5.56 Å². The molecule has 1 aromatic heterocycles. The van der Waals surface area contributed by atoms with Crippen LogP contribution in [0.4, 0.5) is 11.5 Å². The SMILES string of the molecule is C=C/C(=C\N(C)C)c1ccc(N(C(C)=O)[C@H]2CCCN(Nc3ccc(C#N)cn3)CC2)cc1C. The number of carbonyl (C=O) groups is 1. The van der Waals surface area contributed by atoms with E-state index in [9.17, 15) is 4.79 Å². The summed E-state index contributed by atoms with van der Waals surface area (Å²) in [4.78, 5) is 21.0. The Balaban J connectivity index is 1.75. The summed E-state index contributed by atoms with van der Waals surface area (Å²) in [6.45, 7) is 9.33. The first-order chi connectivity index (χ1) is 16.3. The van der Waals surface area contributed by atoms with Gasteiger partial charge in [0.15, 0.2) is 0 Å². The van der Waals surface area contributed by atoms with Crippen LogP contribution in [0.1, 0.15) is 42.9 Å². The second-order valence-electron chi connectivity index (χ2n) is 8.87. The van der Waals surface area contributed by atoms with Crippen molar-refractivity contribution in [2.24, 2.45) is 0 Å². The molecule has 1 aliphatic heterocycles. The molecule has 7 nitrogen and oxygen atoms in total. The summed E-state index contributed by atoms with van der Waals surface area (Å²) in [5.41, 5.74) is 8.09. The summed E-state index contributed by atoms with van der Waals surface area (Å²) < 4.78 is 0. The van der Waals surface area contributed by atoms with Gasteiger partial charge < -0.3 is 15.2 Å². The minimum absolute atomic E-state index is 0.0556. The highest BCUT2D eigenvalue weighted by Crippen LogP contribution is 2.29. The number of benzene rings is 1. The zero-order valence-corrected chi connectivity index (χ0v) is 20.6. The van der Waals surface area contributed by atoms with Gasteiger partial charge in [-0.25, -0.2) is 9.99 Å². The van der Waals surface area contributed by atoms with Crippen LogP contribution in [0, 0.1) is 18.3 Å². The Hall–Kier alpha value is -3.63. The van der Waals surface area contributed by atoms with Crippen molar-refractivity contribution in [3.63, 3.8) is 0 Å². The highest BCUT2D eigenvalue weighted by Gasteiger charge is 2.26. The molecule has 0 aliphatic carbocycles. The number of nitriles is 1. The number of hydrogen-bond acceptors (Lipinski definition) is 6. The van der Waals surface area contributed by atoms with Gasteiger partial charge in [0, 0.05) is 58.2 Å². The summed E-state index contributed by atoms with van der Waals surface area (Å²) in [6.07, 6.45) is 8.21. The summed E-state index contributed by atoms with van der Waals surface area (Å²) in [7, 11) is 3.98. The van der Waals surface area contributed by atoms with Crippen molar-refractivity contribution in [3.8, 4) is 6.07 Å². The van der Waals surface area contributed by atoms with E-state index in [1.54, 1.807) is 19.2 Å². The topological polar surface area (TPSA) is 75.5 Å². The molecule has 1 aliphatic rings. The highest BCUT2D eigenvalue weighted by atomic mass is 16.2. The summed E-state index contributed by atoms with van der Waals surface area (Å²) in [6, 6.07) is 12.0. The first kappa shape index (κ1) is 25.0. The van der Waals surface area contributed by atoms with Crippen molar-refractivity contribution in [3.05, 3.63) is 72.1 Å². The molecule has 0 radical (unpaired) electrons. The molecule has 1 atom stereocenters. The minimum Gasteiger partial charge on any atom is -0.383 e. The number of hydrazine groups is 1. The lowest BCUT2D eigenvalue weighted by atomic mass is 9.99. The molecule has 2 heterocycles. The molecule has 7 heteroatoms. The van der Waals surface area contributed by atoms with Crippen molar-refractivity contribution in [1.82, 2.24) is 14.9 Å². The molecule has 1 aromatic carbocycles. The maximum absolute atomic E-state index is 12.7. The van der Waals surface area contributed by atoms with Gasteiger partial charge in [-0.15, -0.1) is 0 Å². The third-order valence-electron chi connectivity index (χ3n) is 5.98. The Bertz CT molecular complexity index is 1080. The molecule has 1 saturated heterocycles. The Labute approximate surface area is 203 Å². The number of aryl methyl sites for hydroxylation is 1. The molecule has 3 rings (SSSR count). The molecule has 34 heavy (non-hydrogen) atoms. The van der Waals surface area contributed by atoms with E-state index in [2.05, 4.69) is 47.1 Å². The van der Waals surface area contributed by atoms with Gasteiger partial charge in [-0.05, 0) is 67.2 Å². The van der Waals surface area contributed by atoms with E-state index in [0.717, 1.165) is 60.6 Å². The van der Waals surface area contributed by atoms with Gasteiger partial charge in [-0.2, -0.15) is 5.26 Å². The number of anilines is 2. The number of allylic oxidation sites excluding steroid dienone is 2. The smallest absolute Gasteiger partial charge is 0.224 e. The third kappa shape index (κ3) is 6.24. The Morgan fingerprint density at radius 1 is 1.26 bits per heavy atom. The van der Waals surface area contributed by atoms with E-state index in [1.165, 1.54) is 0 Å². The van der Waals surface area contributed by atoms with Crippen LogP contribution in [0.5, 0.6) is 0 Å². The van der Waals surface area contributed by atoms with Crippen molar-refractivity contribution in [1.29, 1.82) is 5.26 Å². The largest absolute Gasteiger partial charge is 0.383 e. The van der Waals surface area contributed by atoms with Gasteiger partial charge in [0.1, 0.15) is 11.9 Å². The molecule has 178 valence electrons. The number of pyridine rings is 1. The van der Waals surface area contributed by atoms with Gasteiger partial charge in [0.2, 0.25) is 5.91 Å². The molecule has 1 N–H and O–H groups in total. The van der Waals surface area contributed by atoms with Gasteiger partial charge in [-0.3, -0.25) is 4.79 Å². The first-order valence-electron chi connectivity index (χ1n) is 11.6. The van der Waals surface area contributed by atoms with E-state index in [1.807, 2.05) is 48.3 Å². The standard InChI is InChI=1S/C27H34N6O/c1-6-23(19-31(4)5)26-11-10-25(16-20(26)2)33(21(3)34)24-8-7-14-32(15-13-24)30-27-12-9-22(17-28)18-29-27/h6,9-12,16,18-19,24H,1,7-8,13-15H2,2-5H3,(H,29,30)/b23-19+/t24-/m0/s1. The van der Waals surface area contributed by atoms with Crippen LogP contribution in [0.25, 0.3) is 5.57 Å². The molecule has 1 fully saturated rings. The fourth-order valence-electron chi connectivity index (χ4n) is 4.42. The second kappa shape index (κ2) is 11.5. The fourth-order valence-corrected chi connectivity index (χ4v) is 4.42. The molecule has 1 amide bonds.